The number of rotatable bonds is 6. The molecule has 0 amide bonds. The predicted octanol–water partition coefficient (Wildman–Crippen LogP) is 3.82. The Hall–Kier alpha value is -1.71. The first-order valence-electron chi connectivity index (χ1n) is 6.75. The Labute approximate surface area is 119 Å². The van der Waals surface area contributed by atoms with Crippen molar-refractivity contribution in [3.63, 3.8) is 0 Å². The van der Waals surface area contributed by atoms with Gasteiger partial charge in [0.2, 0.25) is 0 Å². The summed E-state index contributed by atoms with van der Waals surface area (Å²) in [6.45, 7) is 3.28. The molecule has 0 saturated heterocycles. The average Bonchev–Trinajstić information content (AvgIpc) is 2.46. The minimum atomic E-state index is -0.166. The number of hydrogen-bond acceptors (Lipinski definition) is 2. The molecule has 0 fully saturated rings. The molecule has 1 N–H and O–H groups in total. The van der Waals surface area contributed by atoms with Gasteiger partial charge in [-0.3, -0.25) is 0 Å². The number of hydrogen-bond donors (Lipinski definition) is 1. The lowest BCUT2D eigenvalue weighted by Gasteiger charge is -2.15. The van der Waals surface area contributed by atoms with Gasteiger partial charge in [0.15, 0.2) is 0 Å². The van der Waals surface area contributed by atoms with Gasteiger partial charge in [-0.15, -0.1) is 0 Å². The van der Waals surface area contributed by atoms with E-state index in [-0.39, 0.29) is 11.9 Å². The van der Waals surface area contributed by atoms with Crippen LogP contribution in [0.1, 0.15) is 29.7 Å². The largest absolute Gasteiger partial charge is 0.380 e. The zero-order chi connectivity index (χ0) is 14.4. The standard InChI is InChI=1S/C17H20FNO/c1-13(16-8-3-4-9-17(16)18)19-11-14-6-5-7-15(10-14)12-20-2/h3-10,13,19H,11-12H2,1-2H3. The molecule has 0 heterocycles. The van der Waals surface area contributed by atoms with Crippen LogP contribution in [0, 0.1) is 5.82 Å². The number of methoxy groups -OCH3 is 1. The normalized spacial score (nSPS) is 12.3. The molecule has 0 bridgehead atoms. The molecule has 2 aromatic carbocycles. The minimum Gasteiger partial charge on any atom is -0.380 e. The topological polar surface area (TPSA) is 21.3 Å². The maximum atomic E-state index is 13.7. The SMILES string of the molecule is COCc1cccc(CNC(C)c2ccccc2F)c1. The molecular weight excluding hydrogens is 253 g/mol. The van der Waals surface area contributed by atoms with Gasteiger partial charge in [-0.05, 0) is 24.1 Å². The van der Waals surface area contributed by atoms with Gasteiger partial charge in [0.1, 0.15) is 5.82 Å². The highest BCUT2D eigenvalue weighted by atomic mass is 19.1. The lowest BCUT2D eigenvalue weighted by molar-refractivity contribution is 0.185. The van der Waals surface area contributed by atoms with Gasteiger partial charge in [0, 0.05) is 25.3 Å². The van der Waals surface area contributed by atoms with Gasteiger partial charge in [0.05, 0.1) is 6.61 Å². The monoisotopic (exact) mass is 273 g/mol. The quantitative estimate of drug-likeness (QED) is 0.864. The number of benzene rings is 2. The van der Waals surface area contributed by atoms with Crippen LogP contribution in [0.25, 0.3) is 0 Å². The van der Waals surface area contributed by atoms with Crippen LogP contribution in [-0.4, -0.2) is 7.11 Å². The number of ether oxygens (including phenoxy) is 1. The summed E-state index contributed by atoms with van der Waals surface area (Å²) in [4.78, 5) is 0. The summed E-state index contributed by atoms with van der Waals surface area (Å²) in [5, 5.41) is 3.34. The summed E-state index contributed by atoms with van der Waals surface area (Å²) in [5.41, 5.74) is 3.01. The molecule has 20 heavy (non-hydrogen) atoms. The third kappa shape index (κ3) is 3.89. The first-order valence-corrected chi connectivity index (χ1v) is 6.75. The van der Waals surface area contributed by atoms with Crippen LogP contribution in [-0.2, 0) is 17.9 Å². The summed E-state index contributed by atoms with van der Waals surface area (Å²) >= 11 is 0. The Balaban J connectivity index is 1.98. The van der Waals surface area contributed by atoms with Crippen molar-refractivity contribution in [2.45, 2.75) is 26.1 Å². The van der Waals surface area contributed by atoms with Crippen molar-refractivity contribution in [2.75, 3.05) is 7.11 Å². The lowest BCUT2D eigenvalue weighted by atomic mass is 10.1. The molecule has 0 aromatic heterocycles. The molecule has 106 valence electrons. The van der Waals surface area contributed by atoms with Crippen LogP contribution in [0.2, 0.25) is 0 Å². The Morgan fingerprint density at radius 2 is 1.85 bits per heavy atom. The van der Waals surface area contributed by atoms with E-state index in [0.29, 0.717) is 18.7 Å². The first kappa shape index (κ1) is 14.7. The summed E-state index contributed by atoms with van der Waals surface area (Å²) < 4.78 is 18.8. The van der Waals surface area contributed by atoms with Crippen LogP contribution >= 0.6 is 0 Å². The van der Waals surface area contributed by atoms with Crippen molar-refractivity contribution < 1.29 is 9.13 Å². The highest BCUT2D eigenvalue weighted by Crippen LogP contribution is 2.17. The molecule has 2 rings (SSSR count). The highest BCUT2D eigenvalue weighted by molar-refractivity contribution is 5.24. The molecule has 0 aliphatic heterocycles. The molecule has 0 saturated carbocycles. The van der Waals surface area contributed by atoms with E-state index in [9.17, 15) is 4.39 Å². The van der Waals surface area contributed by atoms with Crippen molar-refractivity contribution in [1.82, 2.24) is 5.32 Å². The van der Waals surface area contributed by atoms with E-state index in [1.54, 1.807) is 13.2 Å². The Morgan fingerprint density at radius 1 is 1.10 bits per heavy atom. The van der Waals surface area contributed by atoms with Gasteiger partial charge in [-0.1, -0.05) is 42.5 Å². The summed E-state index contributed by atoms with van der Waals surface area (Å²) in [5.74, 6) is -0.166. The predicted molar refractivity (Wildman–Crippen MR) is 78.8 cm³/mol. The Bertz CT molecular complexity index is 556. The molecule has 0 aliphatic carbocycles. The second-order valence-corrected chi connectivity index (χ2v) is 4.88. The number of halogens is 1. The maximum Gasteiger partial charge on any atom is 0.127 e. The number of nitrogens with one attached hydrogen (secondary N) is 1. The van der Waals surface area contributed by atoms with Crippen LogP contribution in [0.3, 0.4) is 0 Å². The smallest absolute Gasteiger partial charge is 0.127 e. The second kappa shape index (κ2) is 7.17. The summed E-state index contributed by atoms with van der Waals surface area (Å²) in [6, 6.07) is 15.1. The molecule has 3 heteroatoms. The third-order valence-corrected chi connectivity index (χ3v) is 3.29. The second-order valence-electron chi connectivity index (χ2n) is 4.88. The third-order valence-electron chi connectivity index (χ3n) is 3.29. The molecule has 2 nitrogen and oxygen atoms in total. The molecule has 2 aromatic rings. The van der Waals surface area contributed by atoms with Crippen LogP contribution < -0.4 is 5.32 Å². The van der Waals surface area contributed by atoms with E-state index in [1.165, 1.54) is 11.6 Å². The van der Waals surface area contributed by atoms with Gasteiger partial charge in [-0.2, -0.15) is 0 Å². The molecule has 0 radical (unpaired) electrons. The fourth-order valence-electron chi connectivity index (χ4n) is 2.20. The van der Waals surface area contributed by atoms with Crippen molar-refractivity contribution in [3.8, 4) is 0 Å². The van der Waals surface area contributed by atoms with Crippen LogP contribution in [0.4, 0.5) is 4.39 Å². The zero-order valence-electron chi connectivity index (χ0n) is 11.9. The fourth-order valence-corrected chi connectivity index (χ4v) is 2.20. The van der Waals surface area contributed by atoms with Crippen molar-refractivity contribution in [3.05, 3.63) is 71.0 Å². The summed E-state index contributed by atoms with van der Waals surface area (Å²) in [7, 11) is 1.69. The van der Waals surface area contributed by atoms with Crippen LogP contribution in [0.15, 0.2) is 48.5 Å². The maximum absolute atomic E-state index is 13.7. The van der Waals surface area contributed by atoms with Crippen LogP contribution in [0.5, 0.6) is 0 Å². The van der Waals surface area contributed by atoms with Gasteiger partial charge in [-0.25, -0.2) is 4.39 Å². The van der Waals surface area contributed by atoms with Gasteiger partial charge in [0.25, 0.3) is 0 Å². The van der Waals surface area contributed by atoms with E-state index >= 15 is 0 Å². The van der Waals surface area contributed by atoms with E-state index in [1.807, 2.05) is 31.2 Å². The fraction of sp³-hybridized carbons (Fsp3) is 0.294. The summed E-state index contributed by atoms with van der Waals surface area (Å²) in [6.07, 6.45) is 0. The Morgan fingerprint density at radius 3 is 2.60 bits per heavy atom. The van der Waals surface area contributed by atoms with E-state index in [0.717, 1.165) is 5.56 Å². The molecule has 0 spiro atoms. The first-order chi connectivity index (χ1) is 9.70. The lowest BCUT2D eigenvalue weighted by Crippen LogP contribution is -2.19. The van der Waals surface area contributed by atoms with Crippen molar-refractivity contribution >= 4 is 0 Å². The van der Waals surface area contributed by atoms with E-state index < -0.39 is 0 Å². The minimum absolute atomic E-state index is 0.0257. The Kier molecular flexibility index (Phi) is 5.27. The van der Waals surface area contributed by atoms with E-state index in [2.05, 4.69) is 17.4 Å². The molecule has 1 atom stereocenters. The van der Waals surface area contributed by atoms with Crippen molar-refractivity contribution in [1.29, 1.82) is 0 Å². The van der Waals surface area contributed by atoms with Gasteiger partial charge < -0.3 is 10.1 Å². The molecule has 1 unspecified atom stereocenters. The zero-order valence-corrected chi connectivity index (χ0v) is 11.9. The average molecular weight is 273 g/mol. The molecule has 0 aliphatic rings. The van der Waals surface area contributed by atoms with E-state index in [4.69, 9.17) is 4.74 Å². The highest BCUT2D eigenvalue weighted by Gasteiger charge is 2.09. The molecular formula is C17H20FNO. The van der Waals surface area contributed by atoms with Gasteiger partial charge >= 0.3 is 0 Å². The van der Waals surface area contributed by atoms with Crippen molar-refractivity contribution in [2.24, 2.45) is 0 Å².